The van der Waals surface area contributed by atoms with Crippen molar-refractivity contribution in [2.75, 3.05) is 4.90 Å². The minimum atomic E-state index is -0.760. The molecule has 0 spiro atoms. The molecule has 4 heteroatoms. The Bertz CT molecular complexity index is 765. The molecule has 1 aliphatic heterocycles. The summed E-state index contributed by atoms with van der Waals surface area (Å²) in [6.07, 6.45) is 3.09. The molecule has 1 saturated heterocycles. The Morgan fingerprint density at radius 1 is 1.08 bits per heavy atom. The molecule has 0 aromatic heterocycles. The molecule has 0 N–H and O–H groups in total. The Kier molecular flexibility index (Phi) is 4.47. The van der Waals surface area contributed by atoms with E-state index in [4.69, 9.17) is 4.74 Å². The van der Waals surface area contributed by atoms with E-state index in [-0.39, 0.29) is 11.9 Å². The first-order valence-electron chi connectivity index (χ1n) is 7.86. The first-order valence-corrected chi connectivity index (χ1v) is 7.86. The van der Waals surface area contributed by atoms with Gasteiger partial charge in [0, 0.05) is 12.6 Å². The third-order valence-electron chi connectivity index (χ3n) is 3.98. The molecule has 0 bridgehead atoms. The monoisotopic (exact) mass is 321 g/mol. The van der Waals surface area contributed by atoms with E-state index in [1.165, 1.54) is 6.92 Å². The van der Waals surface area contributed by atoms with Gasteiger partial charge in [-0.05, 0) is 24.6 Å². The zero-order valence-corrected chi connectivity index (χ0v) is 13.7. The number of amides is 1. The molecule has 1 aliphatic rings. The van der Waals surface area contributed by atoms with E-state index in [1.54, 1.807) is 4.90 Å². The SMILES string of the molecule is CC(=O)O[C@@H]1C(=O)N(c2ccc(C)cc2)[C@@H]1/C=C/c1ccccc1. The minimum Gasteiger partial charge on any atom is -0.450 e. The van der Waals surface area contributed by atoms with Gasteiger partial charge in [-0.15, -0.1) is 0 Å². The maximum Gasteiger partial charge on any atom is 0.303 e. The highest BCUT2D eigenvalue weighted by molar-refractivity contribution is 6.06. The Morgan fingerprint density at radius 2 is 1.75 bits per heavy atom. The fourth-order valence-electron chi connectivity index (χ4n) is 2.75. The lowest BCUT2D eigenvalue weighted by atomic mass is 9.95. The zero-order chi connectivity index (χ0) is 17.1. The van der Waals surface area contributed by atoms with Crippen molar-refractivity contribution in [3.63, 3.8) is 0 Å². The van der Waals surface area contributed by atoms with Gasteiger partial charge in [-0.25, -0.2) is 0 Å². The molecule has 0 unspecified atom stereocenters. The lowest BCUT2D eigenvalue weighted by molar-refractivity contribution is -0.159. The van der Waals surface area contributed by atoms with Gasteiger partial charge in [-0.3, -0.25) is 14.5 Å². The maximum atomic E-state index is 12.4. The van der Waals surface area contributed by atoms with E-state index in [9.17, 15) is 9.59 Å². The van der Waals surface area contributed by atoms with Crippen LogP contribution >= 0.6 is 0 Å². The Labute approximate surface area is 141 Å². The highest BCUT2D eigenvalue weighted by Gasteiger charge is 2.49. The average molecular weight is 321 g/mol. The van der Waals surface area contributed by atoms with Crippen molar-refractivity contribution in [1.82, 2.24) is 0 Å². The van der Waals surface area contributed by atoms with Gasteiger partial charge in [-0.2, -0.15) is 0 Å². The highest BCUT2D eigenvalue weighted by Crippen LogP contribution is 2.31. The smallest absolute Gasteiger partial charge is 0.303 e. The van der Waals surface area contributed by atoms with Crippen molar-refractivity contribution < 1.29 is 14.3 Å². The van der Waals surface area contributed by atoms with Crippen LogP contribution in [0.5, 0.6) is 0 Å². The molecular formula is C20H19NO3. The molecule has 24 heavy (non-hydrogen) atoms. The molecule has 1 fully saturated rings. The summed E-state index contributed by atoms with van der Waals surface area (Å²) in [7, 11) is 0. The summed E-state index contributed by atoms with van der Waals surface area (Å²) in [6.45, 7) is 3.32. The quantitative estimate of drug-likeness (QED) is 0.641. The number of hydrogen-bond acceptors (Lipinski definition) is 3. The molecule has 0 radical (unpaired) electrons. The maximum absolute atomic E-state index is 12.4. The number of aryl methyl sites for hydroxylation is 1. The van der Waals surface area contributed by atoms with Crippen molar-refractivity contribution in [3.8, 4) is 0 Å². The van der Waals surface area contributed by atoms with Crippen LogP contribution in [0.1, 0.15) is 18.1 Å². The molecule has 3 rings (SSSR count). The Balaban J connectivity index is 1.86. The fraction of sp³-hybridized carbons (Fsp3) is 0.200. The van der Waals surface area contributed by atoms with Gasteiger partial charge < -0.3 is 4.74 Å². The molecule has 1 heterocycles. The molecule has 122 valence electrons. The van der Waals surface area contributed by atoms with Crippen molar-refractivity contribution in [3.05, 3.63) is 71.8 Å². The Hall–Kier alpha value is -2.88. The number of esters is 1. The second-order valence-electron chi connectivity index (χ2n) is 5.83. The molecule has 2 atom stereocenters. The number of carbonyl (C=O) groups excluding carboxylic acids is 2. The van der Waals surface area contributed by atoms with Crippen molar-refractivity contribution in [2.24, 2.45) is 0 Å². The van der Waals surface area contributed by atoms with Gasteiger partial charge in [0.25, 0.3) is 5.91 Å². The second kappa shape index (κ2) is 6.71. The number of carbonyl (C=O) groups is 2. The summed E-state index contributed by atoms with van der Waals surface area (Å²) >= 11 is 0. The molecule has 2 aromatic carbocycles. The topological polar surface area (TPSA) is 46.6 Å². The van der Waals surface area contributed by atoms with Crippen LogP contribution in [0.3, 0.4) is 0 Å². The first-order chi connectivity index (χ1) is 11.6. The van der Waals surface area contributed by atoms with Crippen LogP contribution in [-0.2, 0) is 14.3 Å². The van der Waals surface area contributed by atoms with E-state index in [0.717, 1.165) is 16.8 Å². The number of nitrogens with zero attached hydrogens (tertiary/aromatic N) is 1. The van der Waals surface area contributed by atoms with Crippen LogP contribution in [0.4, 0.5) is 5.69 Å². The molecule has 1 amide bonds. The van der Waals surface area contributed by atoms with E-state index in [2.05, 4.69) is 0 Å². The van der Waals surface area contributed by atoms with Crippen LogP contribution < -0.4 is 4.90 Å². The summed E-state index contributed by atoms with van der Waals surface area (Å²) in [5.74, 6) is -0.646. The van der Waals surface area contributed by atoms with E-state index >= 15 is 0 Å². The van der Waals surface area contributed by atoms with Gasteiger partial charge in [0.2, 0.25) is 6.10 Å². The average Bonchev–Trinajstić information content (AvgIpc) is 2.58. The largest absolute Gasteiger partial charge is 0.450 e. The summed E-state index contributed by atoms with van der Waals surface area (Å²) in [5, 5.41) is 0. The Morgan fingerprint density at radius 3 is 2.38 bits per heavy atom. The molecule has 2 aromatic rings. The number of anilines is 1. The first kappa shape index (κ1) is 16.0. The van der Waals surface area contributed by atoms with Crippen LogP contribution in [0.2, 0.25) is 0 Å². The summed E-state index contributed by atoms with van der Waals surface area (Å²) in [6, 6.07) is 17.2. The van der Waals surface area contributed by atoms with E-state index < -0.39 is 12.1 Å². The normalized spacial score (nSPS) is 20.1. The standard InChI is InChI=1S/C20H19NO3/c1-14-8-11-17(12-9-14)21-18(19(20(21)23)24-15(2)22)13-10-16-6-4-3-5-7-16/h3-13,18-19H,1-2H3/b13-10+/t18-,19+/m1/s1. The number of benzene rings is 2. The minimum absolute atomic E-state index is 0.197. The number of β-lactam (4-membered cyclic amide) rings is 1. The van der Waals surface area contributed by atoms with Gasteiger partial charge in [-0.1, -0.05) is 60.2 Å². The highest BCUT2D eigenvalue weighted by atomic mass is 16.6. The summed E-state index contributed by atoms with van der Waals surface area (Å²) < 4.78 is 5.19. The molecular weight excluding hydrogens is 302 g/mol. The fourth-order valence-corrected chi connectivity index (χ4v) is 2.75. The number of ether oxygens (including phenoxy) is 1. The van der Waals surface area contributed by atoms with Crippen LogP contribution in [0.25, 0.3) is 6.08 Å². The summed E-state index contributed by atoms with van der Waals surface area (Å²) in [4.78, 5) is 25.4. The van der Waals surface area contributed by atoms with Crippen LogP contribution in [0.15, 0.2) is 60.7 Å². The van der Waals surface area contributed by atoms with E-state index in [1.807, 2.05) is 73.7 Å². The third-order valence-corrected chi connectivity index (χ3v) is 3.98. The van der Waals surface area contributed by atoms with Crippen LogP contribution in [-0.4, -0.2) is 24.0 Å². The van der Waals surface area contributed by atoms with Gasteiger partial charge in [0.1, 0.15) is 6.04 Å². The third kappa shape index (κ3) is 3.23. The van der Waals surface area contributed by atoms with Crippen LogP contribution in [0, 0.1) is 6.92 Å². The molecule has 0 aliphatic carbocycles. The number of rotatable bonds is 4. The molecule has 0 saturated carbocycles. The lowest BCUT2D eigenvalue weighted by Crippen LogP contribution is -2.65. The second-order valence-corrected chi connectivity index (χ2v) is 5.83. The predicted molar refractivity (Wildman–Crippen MR) is 93.5 cm³/mol. The van der Waals surface area contributed by atoms with E-state index in [0.29, 0.717) is 0 Å². The number of hydrogen-bond donors (Lipinski definition) is 0. The van der Waals surface area contributed by atoms with Gasteiger partial charge >= 0.3 is 5.97 Å². The lowest BCUT2D eigenvalue weighted by Gasteiger charge is -2.44. The van der Waals surface area contributed by atoms with Crippen molar-refractivity contribution in [2.45, 2.75) is 26.0 Å². The van der Waals surface area contributed by atoms with Crippen molar-refractivity contribution in [1.29, 1.82) is 0 Å². The van der Waals surface area contributed by atoms with Crippen molar-refractivity contribution >= 4 is 23.6 Å². The molecule has 4 nitrogen and oxygen atoms in total. The van der Waals surface area contributed by atoms with Gasteiger partial charge in [0.15, 0.2) is 0 Å². The summed E-state index contributed by atoms with van der Waals surface area (Å²) in [5.41, 5.74) is 2.96. The predicted octanol–water partition coefficient (Wildman–Crippen LogP) is 3.36. The zero-order valence-electron chi connectivity index (χ0n) is 13.7. The van der Waals surface area contributed by atoms with Gasteiger partial charge in [0.05, 0.1) is 0 Å².